The molecule has 1 aromatic rings. The van der Waals surface area contributed by atoms with E-state index in [0.29, 0.717) is 22.3 Å². The molecule has 0 atom stereocenters. The number of nitrogens with zero attached hydrogens (tertiary/aromatic N) is 3. The molecule has 88 valence electrons. The first-order chi connectivity index (χ1) is 8.19. The van der Waals surface area contributed by atoms with E-state index >= 15 is 0 Å². The largest absolute Gasteiger partial charge is 0.500 e. The Kier molecular flexibility index (Phi) is 4.50. The van der Waals surface area contributed by atoms with Crippen LogP contribution in [0.5, 0.6) is 0 Å². The lowest BCUT2D eigenvalue weighted by Gasteiger charge is -1.93. The van der Waals surface area contributed by atoms with E-state index in [9.17, 15) is 4.79 Å². The molecule has 0 aliphatic heterocycles. The lowest BCUT2D eigenvalue weighted by atomic mass is 10.4. The fourth-order valence-electron chi connectivity index (χ4n) is 1.26. The summed E-state index contributed by atoms with van der Waals surface area (Å²) in [7, 11) is 0. The molecule has 0 aliphatic carbocycles. The minimum absolute atomic E-state index is 0.0508. The molecule has 0 N–H and O–H groups in total. The van der Waals surface area contributed by atoms with E-state index in [1.165, 1.54) is 10.8 Å². The molecule has 0 spiro atoms. The molecular weight excluding hydrogens is 238 g/mol. The molecule has 0 amide bonds. The standard InChI is InChI=1S/C11H11N3O2S/c1-3-14-10(15)9(7-16-4-2)17-11(14)8(5-12)6-13/h7H,3-4H2,1-2H3/b9-7-. The highest BCUT2D eigenvalue weighted by Gasteiger charge is 2.07. The maximum atomic E-state index is 11.9. The second kappa shape index (κ2) is 5.88. The number of rotatable bonds is 3. The molecule has 17 heavy (non-hydrogen) atoms. The number of nitriles is 2. The Balaban J connectivity index is 3.69. The fraction of sp³-hybridized carbons (Fsp3) is 0.364. The van der Waals surface area contributed by atoms with Crippen LogP contribution in [-0.4, -0.2) is 11.2 Å². The normalized spacial score (nSPS) is 10.7. The van der Waals surface area contributed by atoms with Crippen molar-refractivity contribution in [3.05, 3.63) is 19.5 Å². The average Bonchev–Trinajstić information content (AvgIpc) is 2.65. The van der Waals surface area contributed by atoms with Gasteiger partial charge in [0.2, 0.25) is 0 Å². The zero-order valence-corrected chi connectivity index (χ0v) is 10.4. The Morgan fingerprint density at radius 2 is 2.12 bits per heavy atom. The molecular formula is C11H11N3O2S. The first-order valence-electron chi connectivity index (χ1n) is 5.05. The second-order valence-corrected chi connectivity index (χ2v) is 4.02. The van der Waals surface area contributed by atoms with Crippen molar-refractivity contribution in [3.63, 3.8) is 0 Å². The first kappa shape index (κ1) is 13.0. The summed E-state index contributed by atoms with van der Waals surface area (Å²) in [5.41, 5.74) is -0.283. The Morgan fingerprint density at radius 3 is 2.59 bits per heavy atom. The topological polar surface area (TPSA) is 78.8 Å². The van der Waals surface area contributed by atoms with E-state index in [-0.39, 0.29) is 11.1 Å². The van der Waals surface area contributed by atoms with Crippen LogP contribution in [0.25, 0.3) is 11.8 Å². The summed E-state index contributed by atoms with van der Waals surface area (Å²) in [6.45, 7) is 4.48. The Hall–Kier alpha value is -2.05. The zero-order chi connectivity index (χ0) is 12.8. The van der Waals surface area contributed by atoms with Crippen molar-refractivity contribution >= 4 is 23.2 Å². The van der Waals surface area contributed by atoms with E-state index in [1.807, 2.05) is 6.92 Å². The number of ether oxygens (including phenoxy) is 1. The fourth-order valence-corrected chi connectivity index (χ4v) is 2.29. The van der Waals surface area contributed by atoms with Gasteiger partial charge in [0.15, 0.2) is 5.57 Å². The van der Waals surface area contributed by atoms with E-state index in [2.05, 4.69) is 0 Å². The van der Waals surface area contributed by atoms with Crippen LogP contribution in [0.2, 0.25) is 0 Å². The molecule has 0 saturated heterocycles. The van der Waals surface area contributed by atoms with Crippen molar-refractivity contribution in [2.75, 3.05) is 6.61 Å². The van der Waals surface area contributed by atoms with Crippen molar-refractivity contribution < 1.29 is 4.74 Å². The van der Waals surface area contributed by atoms with Crippen LogP contribution in [0.4, 0.5) is 0 Å². The van der Waals surface area contributed by atoms with E-state index < -0.39 is 0 Å². The molecule has 0 saturated carbocycles. The maximum Gasteiger partial charge on any atom is 0.272 e. The van der Waals surface area contributed by atoms with Gasteiger partial charge in [0.1, 0.15) is 27.6 Å². The SMILES string of the molecule is CCO/C=c1\sc(=C(C#N)C#N)n(CC)c1=O. The van der Waals surface area contributed by atoms with Gasteiger partial charge >= 0.3 is 0 Å². The molecule has 0 radical (unpaired) electrons. The van der Waals surface area contributed by atoms with Crippen LogP contribution in [0.15, 0.2) is 4.79 Å². The third kappa shape index (κ3) is 2.55. The lowest BCUT2D eigenvalue weighted by Crippen LogP contribution is -2.31. The Bertz CT molecular complexity index is 639. The van der Waals surface area contributed by atoms with Gasteiger partial charge in [0, 0.05) is 6.54 Å². The molecule has 0 unspecified atom stereocenters. The monoisotopic (exact) mass is 249 g/mol. The summed E-state index contributed by atoms with van der Waals surface area (Å²) in [6, 6.07) is 3.58. The molecule has 0 fully saturated rings. The van der Waals surface area contributed by atoms with Gasteiger partial charge in [-0.2, -0.15) is 10.5 Å². The number of hydrogen-bond acceptors (Lipinski definition) is 5. The molecule has 1 heterocycles. The summed E-state index contributed by atoms with van der Waals surface area (Å²) in [6.07, 6.45) is 1.37. The van der Waals surface area contributed by atoms with Crippen molar-refractivity contribution in [1.82, 2.24) is 4.57 Å². The summed E-state index contributed by atoms with van der Waals surface area (Å²) < 4.78 is 7.24. The maximum absolute atomic E-state index is 11.9. The predicted molar refractivity (Wildman–Crippen MR) is 64.2 cm³/mol. The van der Waals surface area contributed by atoms with Crippen LogP contribution in [0.1, 0.15) is 13.8 Å². The molecule has 6 heteroatoms. The van der Waals surface area contributed by atoms with Gasteiger partial charge in [0.25, 0.3) is 5.56 Å². The molecule has 1 rings (SSSR count). The molecule has 1 aromatic heterocycles. The van der Waals surface area contributed by atoms with Crippen molar-refractivity contribution in [1.29, 1.82) is 10.5 Å². The Labute approximate surface area is 102 Å². The zero-order valence-electron chi connectivity index (χ0n) is 9.56. The van der Waals surface area contributed by atoms with Gasteiger partial charge in [-0.3, -0.25) is 9.36 Å². The highest BCUT2D eigenvalue weighted by molar-refractivity contribution is 7.07. The summed E-state index contributed by atoms with van der Waals surface area (Å²) in [5.74, 6) is 0. The van der Waals surface area contributed by atoms with Crippen molar-refractivity contribution in [3.8, 4) is 12.1 Å². The predicted octanol–water partition coefficient (Wildman–Crippen LogP) is -0.0979. The summed E-state index contributed by atoms with van der Waals surface area (Å²) in [5, 5.41) is 17.6. The van der Waals surface area contributed by atoms with Gasteiger partial charge in [-0.05, 0) is 13.8 Å². The number of hydrogen-bond donors (Lipinski definition) is 0. The van der Waals surface area contributed by atoms with Crippen LogP contribution in [-0.2, 0) is 11.3 Å². The molecule has 0 bridgehead atoms. The summed E-state index contributed by atoms with van der Waals surface area (Å²) >= 11 is 1.10. The van der Waals surface area contributed by atoms with Crippen molar-refractivity contribution in [2.45, 2.75) is 20.4 Å². The third-order valence-electron chi connectivity index (χ3n) is 2.02. The molecule has 0 aromatic carbocycles. The summed E-state index contributed by atoms with van der Waals surface area (Å²) in [4.78, 5) is 11.9. The minimum Gasteiger partial charge on any atom is -0.500 e. The van der Waals surface area contributed by atoms with Crippen LogP contribution >= 0.6 is 11.3 Å². The third-order valence-corrected chi connectivity index (χ3v) is 3.13. The van der Waals surface area contributed by atoms with Gasteiger partial charge in [0.05, 0.1) is 6.61 Å². The molecule has 0 aliphatic rings. The van der Waals surface area contributed by atoms with Crippen LogP contribution < -0.4 is 14.8 Å². The van der Waals surface area contributed by atoms with Gasteiger partial charge in [-0.15, -0.1) is 11.3 Å². The quantitative estimate of drug-likeness (QED) is 0.749. The number of aromatic nitrogens is 1. The highest BCUT2D eigenvalue weighted by atomic mass is 32.1. The van der Waals surface area contributed by atoms with Crippen molar-refractivity contribution in [2.24, 2.45) is 0 Å². The van der Waals surface area contributed by atoms with Crippen LogP contribution in [0, 0.1) is 22.7 Å². The second-order valence-electron chi connectivity index (χ2n) is 2.99. The highest BCUT2D eigenvalue weighted by Crippen LogP contribution is 1.88. The van der Waals surface area contributed by atoms with E-state index in [1.54, 1.807) is 19.1 Å². The smallest absolute Gasteiger partial charge is 0.272 e. The van der Waals surface area contributed by atoms with E-state index in [4.69, 9.17) is 15.3 Å². The lowest BCUT2D eigenvalue weighted by molar-refractivity contribution is 0.316. The first-order valence-corrected chi connectivity index (χ1v) is 5.87. The van der Waals surface area contributed by atoms with Gasteiger partial charge < -0.3 is 4.74 Å². The number of thiazole rings is 1. The molecule has 5 nitrogen and oxygen atoms in total. The van der Waals surface area contributed by atoms with Crippen LogP contribution in [0.3, 0.4) is 0 Å². The van der Waals surface area contributed by atoms with Gasteiger partial charge in [-0.25, -0.2) is 0 Å². The van der Waals surface area contributed by atoms with E-state index in [0.717, 1.165) is 11.3 Å². The Morgan fingerprint density at radius 1 is 1.47 bits per heavy atom. The minimum atomic E-state index is -0.232. The average molecular weight is 249 g/mol. The van der Waals surface area contributed by atoms with Gasteiger partial charge in [-0.1, -0.05) is 0 Å².